The molecule has 0 radical (unpaired) electrons. The van der Waals surface area contributed by atoms with E-state index in [2.05, 4.69) is 9.97 Å². The Labute approximate surface area is 115 Å². The number of ether oxygens (including phenoxy) is 1. The fourth-order valence-electron chi connectivity index (χ4n) is 1.28. The predicted octanol–water partition coefficient (Wildman–Crippen LogP) is 2.34. The van der Waals surface area contributed by atoms with Gasteiger partial charge in [0, 0.05) is 11.2 Å². The second-order valence-electron chi connectivity index (χ2n) is 3.50. The van der Waals surface area contributed by atoms with Crippen molar-refractivity contribution in [3.05, 3.63) is 52.8 Å². The highest BCUT2D eigenvalue weighted by Gasteiger charge is 2.03. The second kappa shape index (κ2) is 5.75. The fraction of sp³-hybridized carbons (Fsp3) is 0.0833. The van der Waals surface area contributed by atoms with Crippen LogP contribution < -0.4 is 10.5 Å². The first-order valence-corrected chi connectivity index (χ1v) is 5.94. The zero-order valence-electron chi connectivity index (χ0n) is 9.34. The molecule has 0 amide bonds. The molecule has 0 fully saturated rings. The zero-order chi connectivity index (χ0) is 13.0. The lowest BCUT2D eigenvalue weighted by Gasteiger charge is -2.05. The fourth-order valence-corrected chi connectivity index (χ4v) is 1.52. The van der Waals surface area contributed by atoms with Crippen molar-refractivity contribution in [2.24, 2.45) is 5.73 Å². The van der Waals surface area contributed by atoms with Crippen molar-refractivity contribution in [3.63, 3.8) is 0 Å². The lowest BCUT2D eigenvalue weighted by atomic mass is 10.2. The number of hydrogen-bond donors (Lipinski definition) is 1. The van der Waals surface area contributed by atoms with Gasteiger partial charge in [-0.1, -0.05) is 36.0 Å². The second-order valence-corrected chi connectivity index (χ2v) is 4.38. The van der Waals surface area contributed by atoms with E-state index in [-0.39, 0.29) is 11.0 Å². The van der Waals surface area contributed by atoms with Crippen LogP contribution in [-0.4, -0.2) is 15.0 Å². The topological polar surface area (TPSA) is 61.0 Å². The molecule has 0 atom stereocenters. The van der Waals surface area contributed by atoms with E-state index in [1.54, 1.807) is 24.4 Å². The van der Waals surface area contributed by atoms with E-state index in [4.69, 9.17) is 34.3 Å². The van der Waals surface area contributed by atoms with Crippen LogP contribution in [0, 0.1) is 0 Å². The van der Waals surface area contributed by atoms with Crippen LogP contribution in [0.15, 0.2) is 36.5 Å². The maximum atomic E-state index is 5.79. The summed E-state index contributed by atoms with van der Waals surface area (Å²) in [5.41, 5.74) is 6.94. The van der Waals surface area contributed by atoms with Gasteiger partial charge in [-0.25, -0.2) is 4.98 Å². The molecule has 0 saturated heterocycles. The van der Waals surface area contributed by atoms with Gasteiger partial charge in [0.1, 0.15) is 17.3 Å². The molecular formula is C12H10ClN3OS. The number of nitrogens with zero attached hydrogens (tertiary/aromatic N) is 2. The molecule has 2 aromatic rings. The summed E-state index contributed by atoms with van der Waals surface area (Å²) in [4.78, 5) is 8.28. The molecule has 0 spiro atoms. The molecule has 0 aliphatic rings. The summed E-state index contributed by atoms with van der Waals surface area (Å²) in [5.74, 6) is 0. The summed E-state index contributed by atoms with van der Waals surface area (Å²) < 4.78 is 5.44. The number of halogens is 1. The van der Waals surface area contributed by atoms with Crippen molar-refractivity contribution in [3.8, 4) is 6.01 Å². The van der Waals surface area contributed by atoms with Gasteiger partial charge in [-0.2, -0.15) is 4.98 Å². The first-order chi connectivity index (χ1) is 8.65. The Balaban J connectivity index is 2.04. The van der Waals surface area contributed by atoms with Crippen molar-refractivity contribution < 1.29 is 4.74 Å². The van der Waals surface area contributed by atoms with Crippen LogP contribution in [0.1, 0.15) is 11.3 Å². The van der Waals surface area contributed by atoms with Gasteiger partial charge in [-0.15, -0.1) is 0 Å². The van der Waals surface area contributed by atoms with E-state index < -0.39 is 0 Å². The van der Waals surface area contributed by atoms with Crippen molar-refractivity contribution in [1.29, 1.82) is 0 Å². The average molecular weight is 280 g/mol. The molecule has 92 valence electrons. The minimum atomic E-state index is 0.216. The quantitative estimate of drug-likeness (QED) is 0.871. The summed E-state index contributed by atoms with van der Waals surface area (Å²) in [6.07, 6.45) is 1.55. The first-order valence-electron chi connectivity index (χ1n) is 5.15. The molecule has 1 heterocycles. The Kier molecular flexibility index (Phi) is 4.07. The van der Waals surface area contributed by atoms with Gasteiger partial charge in [0.2, 0.25) is 0 Å². The lowest BCUT2D eigenvalue weighted by Crippen LogP contribution is -2.12. The summed E-state index contributed by atoms with van der Waals surface area (Å²) in [6, 6.07) is 9.23. The van der Waals surface area contributed by atoms with Crippen molar-refractivity contribution in [2.75, 3.05) is 0 Å². The largest absolute Gasteiger partial charge is 0.459 e. The van der Waals surface area contributed by atoms with Crippen molar-refractivity contribution in [1.82, 2.24) is 9.97 Å². The Morgan fingerprint density at radius 2 is 2.00 bits per heavy atom. The van der Waals surface area contributed by atoms with Crippen LogP contribution in [0.25, 0.3) is 0 Å². The molecule has 18 heavy (non-hydrogen) atoms. The minimum absolute atomic E-state index is 0.216. The number of nitrogens with two attached hydrogens (primary N) is 1. The number of rotatable bonds is 4. The van der Waals surface area contributed by atoms with E-state index in [1.165, 1.54) is 0 Å². The molecule has 0 saturated carbocycles. The summed E-state index contributed by atoms with van der Waals surface area (Å²) in [6.45, 7) is 0.359. The molecule has 0 unspecified atom stereocenters. The Hall–Kier alpha value is -1.72. The SMILES string of the molecule is NC(=S)c1ccnc(OCc2ccc(Cl)cc2)n1. The maximum absolute atomic E-state index is 5.79. The van der Waals surface area contributed by atoms with Gasteiger partial charge in [-0.05, 0) is 23.8 Å². The minimum Gasteiger partial charge on any atom is -0.459 e. The normalized spacial score (nSPS) is 10.1. The van der Waals surface area contributed by atoms with E-state index >= 15 is 0 Å². The molecule has 1 aromatic carbocycles. The van der Waals surface area contributed by atoms with Gasteiger partial charge in [0.15, 0.2) is 0 Å². The third-order valence-electron chi connectivity index (χ3n) is 2.17. The van der Waals surface area contributed by atoms with Crippen LogP contribution in [0.4, 0.5) is 0 Å². The highest BCUT2D eigenvalue weighted by atomic mass is 35.5. The average Bonchev–Trinajstić information content (AvgIpc) is 2.38. The highest BCUT2D eigenvalue weighted by molar-refractivity contribution is 7.80. The van der Waals surface area contributed by atoms with E-state index in [1.807, 2.05) is 12.1 Å². The van der Waals surface area contributed by atoms with Gasteiger partial charge >= 0.3 is 6.01 Å². The molecule has 1 aromatic heterocycles. The van der Waals surface area contributed by atoms with Crippen LogP contribution in [0.3, 0.4) is 0 Å². The first kappa shape index (κ1) is 12.7. The Bertz CT molecular complexity index is 560. The standard InChI is InChI=1S/C12H10ClN3OS/c13-9-3-1-8(2-4-9)7-17-12-15-6-5-10(16-12)11(14)18/h1-6H,7H2,(H2,14,18). The number of benzene rings is 1. The van der Waals surface area contributed by atoms with Gasteiger partial charge in [0.25, 0.3) is 0 Å². The smallest absolute Gasteiger partial charge is 0.317 e. The lowest BCUT2D eigenvalue weighted by molar-refractivity contribution is 0.280. The maximum Gasteiger partial charge on any atom is 0.317 e. The molecular weight excluding hydrogens is 270 g/mol. The molecule has 4 nitrogen and oxygen atoms in total. The summed E-state index contributed by atoms with van der Waals surface area (Å²) >= 11 is 10.6. The molecule has 0 aliphatic carbocycles. The number of thiocarbonyl (C=S) groups is 1. The molecule has 2 rings (SSSR count). The van der Waals surface area contributed by atoms with E-state index in [0.717, 1.165) is 5.56 Å². The number of hydrogen-bond acceptors (Lipinski definition) is 4. The monoisotopic (exact) mass is 279 g/mol. The molecule has 0 bridgehead atoms. The molecule has 6 heteroatoms. The van der Waals surface area contributed by atoms with Crippen LogP contribution in [0.2, 0.25) is 5.02 Å². The van der Waals surface area contributed by atoms with Gasteiger partial charge in [-0.3, -0.25) is 0 Å². The molecule has 2 N–H and O–H groups in total. The number of aromatic nitrogens is 2. The van der Waals surface area contributed by atoms with Crippen LogP contribution in [0.5, 0.6) is 6.01 Å². The summed E-state index contributed by atoms with van der Waals surface area (Å²) in [7, 11) is 0. The third-order valence-corrected chi connectivity index (χ3v) is 2.63. The van der Waals surface area contributed by atoms with Crippen LogP contribution >= 0.6 is 23.8 Å². The van der Waals surface area contributed by atoms with E-state index in [9.17, 15) is 0 Å². The molecule has 0 aliphatic heterocycles. The van der Waals surface area contributed by atoms with Gasteiger partial charge in [0.05, 0.1) is 0 Å². The zero-order valence-corrected chi connectivity index (χ0v) is 10.9. The van der Waals surface area contributed by atoms with Crippen molar-refractivity contribution in [2.45, 2.75) is 6.61 Å². The highest BCUT2D eigenvalue weighted by Crippen LogP contribution is 2.11. The van der Waals surface area contributed by atoms with Gasteiger partial charge < -0.3 is 10.5 Å². The summed E-state index contributed by atoms with van der Waals surface area (Å²) in [5, 5.41) is 0.686. The Morgan fingerprint density at radius 1 is 1.28 bits per heavy atom. The van der Waals surface area contributed by atoms with Crippen LogP contribution in [-0.2, 0) is 6.61 Å². The van der Waals surface area contributed by atoms with Crippen molar-refractivity contribution >= 4 is 28.8 Å². The van der Waals surface area contributed by atoms with E-state index in [0.29, 0.717) is 17.3 Å². The predicted molar refractivity (Wildman–Crippen MR) is 73.7 cm³/mol. The Morgan fingerprint density at radius 3 is 2.67 bits per heavy atom. The third kappa shape index (κ3) is 3.38.